The van der Waals surface area contributed by atoms with Gasteiger partial charge in [-0.05, 0) is 45.3 Å². The van der Waals surface area contributed by atoms with Gasteiger partial charge in [-0.2, -0.15) is 0 Å². The van der Waals surface area contributed by atoms with Gasteiger partial charge < -0.3 is 10.2 Å². The molecule has 1 aliphatic rings. The summed E-state index contributed by atoms with van der Waals surface area (Å²) in [6.45, 7) is 8.09. The van der Waals surface area contributed by atoms with Crippen LogP contribution in [0.15, 0.2) is 0 Å². The average molecular weight is 222 g/mol. The minimum atomic E-state index is 0.281. The first-order chi connectivity index (χ1) is 7.80. The second-order valence-electron chi connectivity index (χ2n) is 4.74. The number of hydrogen-bond donors (Lipinski definition) is 1. The smallest absolute Gasteiger partial charge is 0.0688 e. The van der Waals surface area contributed by atoms with Crippen molar-refractivity contribution in [3.8, 4) is 12.3 Å². The Kier molecular flexibility index (Phi) is 6.52. The topological polar surface area (TPSA) is 15.3 Å². The van der Waals surface area contributed by atoms with E-state index in [9.17, 15) is 0 Å². The molecular weight excluding hydrogens is 196 g/mol. The van der Waals surface area contributed by atoms with Gasteiger partial charge in [-0.25, -0.2) is 0 Å². The molecule has 2 nitrogen and oxygen atoms in total. The molecule has 2 atom stereocenters. The summed E-state index contributed by atoms with van der Waals surface area (Å²) in [6.07, 6.45) is 11.6. The van der Waals surface area contributed by atoms with Gasteiger partial charge in [0.05, 0.1) is 6.04 Å². The third kappa shape index (κ3) is 4.55. The van der Waals surface area contributed by atoms with Crippen LogP contribution in [0.2, 0.25) is 0 Å². The number of hydrogen-bond acceptors (Lipinski definition) is 2. The fourth-order valence-electron chi connectivity index (χ4n) is 2.43. The average Bonchev–Trinajstić information content (AvgIpc) is 2.53. The summed E-state index contributed by atoms with van der Waals surface area (Å²) in [5.41, 5.74) is 0. The Morgan fingerprint density at radius 1 is 1.38 bits per heavy atom. The number of likely N-dealkylation sites (tertiary alicyclic amines) is 1. The van der Waals surface area contributed by atoms with Crippen LogP contribution < -0.4 is 5.32 Å². The van der Waals surface area contributed by atoms with Crippen molar-refractivity contribution in [2.24, 2.45) is 0 Å². The van der Waals surface area contributed by atoms with E-state index < -0.39 is 0 Å². The van der Waals surface area contributed by atoms with E-state index in [1.54, 1.807) is 0 Å². The quantitative estimate of drug-likeness (QED) is 0.718. The molecule has 0 bridgehead atoms. The molecule has 0 aromatic carbocycles. The fourth-order valence-corrected chi connectivity index (χ4v) is 2.43. The lowest BCUT2D eigenvalue weighted by atomic mass is 10.1. The van der Waals surface area contributed by atoms with Crippen molar-refractivity contribution in [3.63, 3.8) is 0 Å². The highest BCUT2D eigenvalue weighted by Crippen LogP contribution is 2.12. The zero-order valence-electron chi connectivity index (χ0n) is 10.8. The minimum absolute atomic E-state index is 0.281. The maximum Gasteiger partial charge on any atom is 0.0688 e. The highest BCUT2D eigenvalue weighted by atomic mass is 15.1. The molecule has 16 heavy (non-hydrogen) atoms. The van der Waals surface area contributed by atoms with E-state index in [4.69, 9.17) is 6.42 Å². The van der Waals surface area contributed by atoms with Crippen LogP contribution in [0.25, 0.3) is 0 Å². The van der Waals surface area contributed by atoms with Crippen LogP contribution in [-0.4, -0.2) is 36.6 Å². The van der Waals surface area contributed by atoms with Gasteiger partial charge in [-0.3, -0.25) is 0 Å². The molecule has 1 fully saturated rings. The monoisotopic (exact) mass is 222 g/mol. The number of nitrogens with one attached hydrogen (secondary N) is 1. The van der Waals surface area contributed by atoms with Crippen LogP contribution in [0, 0.1) is 12.3 Å². The van der Waals surface area contributed by atoms with E-state index >= 15 is 0 Å². The van der Waals surface area contributed by atoms with Crippen molar-refractivity contribution in [3.05, 3.63) is 0 Å². The molecule has 2 heteroatoms. The number of nitrogens with zero attached hydrogens (tertiary/aromatic N) is 1. The number of terminal acetylenes is 1. The van der Waals surface area contributed by atoms with Crippen LogP contribution >= 0.6 is 0 Å². The zero-order valence-corrected chi connectivity index (χ0v) is 10.8. The van der Waals surface area contributed by atoms with E-state index in [2.05, 4.69) is 30.0 Å². The molecule has 0 amide bonds. The molecule has 0 saturated carbocycles. The van der Waals surface area contributed by atoms with E-state index in [1.807, 2.05) is 0 Å². The first-order valence-corrected chi connectivity index (χ1v) is 6.74. The summed E-state index contributed by atoms with van der Waals surface area (Å²) in [7, 11) is 0. The normalized spacial score (nSPS) is 24.7. The summed E-state index contributed by atoms with van der Waals surface area (Å²) in [5.74, 6) is 2.87. The highest BCUT2D eigenvalue weighted by molar-refractivity contribution is 4.99. The van der Waals surface area contributed by atoms with Crippen LogP contribution in [0.3, 0.4) is 0 Å². The summed E-state index contributed by atoms with van der Waals surface area (Å²) in [4.78, 5) is 2.53. The Morgan fingerprint density at radius 3 is 2.81 bits per heavy atom. The summed E-state index contributed by atoms with van der Waals surface area (Å²) in [5, 5.41) is 3.63. The van der Waals surface area contributed by atoms with Crippen molar-refractivity contribution in [2.45, 2.75) is 58.0 Å². The van der Waals surface area contributed by atoms with Gasteiger partial charge in [0.1, 0.15) is 0 Å². The third-order valence-electron chi connectivity index (χ3n) is 3.48. The molecule has 0 radical (unpaired) electrons. The molecule has 1 aliphatic heterocycles. The molecule has 1 saturated heterocycles. The molecule has 0 aromatic heterocycles. The van der Waals surface area contributed by atoms with Crippen LogP contribution in [0.5, 0.6) is 0 Å². The molecular formula is C14H26N2. The van der Waals surface area contributed by atoms with Crippen molar-refractivity contribution < 1.29 is 0 Å². The molecule has 1 N–H and O–H groups in total. The van der Waals surface area contributed by atoms with Crippen molar-refractivity contribution in [1.82, 2.24) is 10.2 Å². The first-order valence-electron chi connectivity index (χ1n) is 6.74. The third-order valence-corrected chi connectivity index (χ3v) is 3.48. The van der Waals surface area contributed by atoms with Crippen LogP contribution in [0.4, 0.5) is 0 Å². The second kappa shape index (κ2) is 7.70. The minimum Gasteiger partial charge on any atom is -0.304 e. The van der Waals surface area contributed by atoms with Gasteiger partial charge in [0.25, 0.3) is 0 Å². The Hall–Kier alpha value is -0.520. The predicted octanol–water partition coefficient (Wildman–Crippen LogP) is 2.25. The lowest BCUT2D eigenvalue weighted by Gasteiger charge is -2.21. The largest absolute Gasteiger partial charge is 0.304 e. The summed E-state index contributed by atoms with van der Waals surface area (Å²) < 4.78 is 0. The van der Waals surface area contributed by atoms with Gasteiger partial charge in [0.2, 0.25) is 0 Å². The number of rotatable bonds is 5. The highest BCUT2D eigenvalue weighted by Gasteiger charge is 2.17. The molecule has 0 spiro atoms. The van der Waals surface area contributed by atoms with E-state index in [0.29, 0.717) is 6.04 Å². The van der Waals surface area contributed by atoms with Crippen molar-refractivity contribution in [2.75, 3.05) is 19.6 Å². The van der Waals surface area contributed by atoms with Gasteiger partial charge >= 0.3 is 0 Å². The molecule has 1 heterocycles. The summed E-state index contributed by atoms with van der Waals surface area (Å²) >= 11 is 0. The predicted molar refractivity (Wildman–Crippen MR) is 70.4 cm³/mol. The van der Waals surface area contributed by atoms with Crippen molar-refractivity contribution in [1.29, 1.82) is 0 Å². The SMILES string of the molecule is C#CC(CCC)NC1CCCN(CC)CC1. The maximum absolute atomic E-state index is 5.55. The Morgan fingerprint density at radius 2 is 2.19 bits per heavy atom. The van der Waals surface area contributed by atoms with Gasteiger partial charge in [-0.15, -0.1) is 6.42 Å². The molecule has 0 aliphatic carbocycles. The van der Waals surface area contributed by atoms with Gasteiger partial charge in [0.15, 0.2) is 0 Å². The second-order valence-corrected chi connectivity index (χ2v) is 4.74. The Balaban J connectivity index is 2.34. The van der Waals surface area contributed by atoms with Gasteiger partial charge in [-0.1, -0.05) is 26.2 Å². The Bertz CT molecular complexity index is 219. The maximum atomic E-state index is 5.55. The summed E-state index contributed by atoms with van der Waals surface area (Å²) in [6, 6.07) is 0.910. The van der Waals surface area contributed by atoms with Crippen LogP contribution in [0.1, 0.15) is 46.0 Å². The lowest BCUT2D eigenvalue weighted by molar-refractivity contribution is 0.296. The van der Waals surface area contributed by atoms with E-state index in [-0.39, 0.29) is 6.04 Å². The first kappa shape index (κ1) is 13.5. The molecule has 2 unspecified atom stereocenters. The van der Waals surface area contributed by atoms with E-state index in [1.165, 1.54) is 38.9 Å². The van der Waals surface area contributed by atoms with Crippen molar-refractivity contribution >= 4 is 0 Å². The Labute approximate surface area is 101 Å². The van der Waals surface area contributed by atoms with E-state index in [0.717, 1.165) is 12.8 Å². The fraction of sp³-hybridized carbons (Fsp3) is 0.857. The van der Waals surface area contributed by atoms with Gasteiger partial charge in [0, 0.05) is 6.04 Å². The molecule has 92 valence electrons. The standard InChI is InChI=1S/C14H26N2/c1-4-8-13(5-2)15-14-9-7-11-16(6-3)12-10-14/h2,13-15H,4,6-12H2,1,3H3. The molecule has 1 rings (SSSR count). The lowest BCUT2D eigenvalue weighted by Crippen LogP contribution is -2.38. The zero-order chi connectivity index (χ0) is 11.8. The van der Waals surface area contributed by atoms with Crippen LogP contribution in [-0.2, 0) is 0 Å². The molecule has 0 aromatic rings.